The van der Waals surface area contributed by atoms with Crippen LogP contribution in [-0.4, -0.2) is 11.0 Å². The summed E-state index contributed by atoms with van der Waals surface area (Å²) in [5.74, 6) is 0. The molecule has 0 aromatic carbocycles. The number of anilines is 1. The van der Waals surface area contributed by atoms with E-state index in [1.807, 2.05) is 0 Å². The smallest absolute Gasteiger partial charge is 0.0683 e. The van der Waals surface area contributed by atoms with Crippen molar-refractivity contribution >= 4 is 17.8 Å². The zero-order chi connectivity index (χ0) is 13.2. The molecule has 0 radical (unpaired) electrons. The predicted molar refractivity (Wildman–Crippen MR) is 81.7 cm³/mol. The van der Waals surface area contributed by atoms with E-state index >= 15 is 0 Å². The van der Waals surface area contributed by atoms with Gasteiger partial charge in [-0.05, 0) is 57.4 Å². The van der Waals surface area contributed by atoms with E-state index in [0.717, 1.165) is 25.7 Å². The van der Waals surface area contributed by atoms with Crippen molar-refractivity contribution < 1.29 is 0 Å². The lowest BCUT2D eigenvalue weighted by Crippen LogP contribution is -2.37. The van der Waals surface area contributed by atoms with Crippen LogP contribution in [0, 0.1) is 0 Å². The molecule has 3 rings (SSSR count). The summed E-state index contributed by atoms with van der Waals surface area (Å²) in [5.41, 5.74) is 4.24. The van der Waals surface area contributed by atoms with Crippen LogP contribution < -0.4 is 15.9 Å². The van der Waals surface area contributed by atoms with Crippen molar-refractivity contribution in [2.75, 3.05) is 5.32 Å². The number of fused-ring (bicyclic) bond motifs is 2. The molecule has 2 aliphatic rings. The Morgan fingerprint density at radius 2 is 2.00 bits per heavy atom. The molecule has 102 valence electrons. The molecule has 2 aliphatic carbocycles. The Balaban J connectivity index is 2.18. The number of aryl methyl sites for hydroxylation is 1. The van der Waals surface area contributed by atoms with Gasteiger partial charge in [-0.3, -0.25) is 4.98 Å². The van der Waals surface area contributed by atoms with Gasteiger partial charge in [0.25, 0.3) is 0 Å². The highest BCUT2D eigenvalue weighted by Crippen LogP contribution is 2.24. The Kier molecular flexibility index (Phi) is 3.58. The maximum atomic E-state index is 4.92. The molecule has 0 saturated heterocycles. The van der Waals surface area contributed by atoms with Crippen LogP contribution in [0.15, 0.2) is 0 Å². The third kappa shape index (κ3) is 2.41. The molecular weight excluding hydrogens is 232 g/mol. The maximum absolute atomic E-state index is 4.92. The summed E-state index contributed by atoms with van der Waals surface area (Å²) in [6.07, 6.45) is 13.1. The Hall–Kier alpha value is -1.31. The lowest BCUT2D eigenvalue weighted by atomic mass is 9.92. The topological polar surface area (TPSA) is 24.9 Å². The van der Waals surface area contributed by atoms with Gasteiger partial charge in [0.2, 0.25) is 0 Å². The summed E-state index contributed by atoms with van der Waals surface area (Å²) in [6.45, 7) is 4.52. The fourth-order valence-electron chi connectivity index (χ4n) is 3.10. The summed E-state index contributed by atoms with van der Waals surface area (Å²) >= 11 is 0. The summed E-state index contributed by atoms with van der Waals surface area (Å²) < 4.78 is 0. The van der Waals surface area contributed by atoms with Gasteiger partial charge >= 0.3 is 0 Å². The molecule has 2 nitrogen and oxygen atoms in total. The van der Waals surface area contributed by atoms with Crippen molar-refractivity contribution in [1.82, 2.24) is 4.98 Å². The van der Waals surface area contributed by atoms with Crippen LogP contribution in [0.2, 0.25) is 0 Å². The van der Waals surface area contributed by atoms with Crippen molar-refractivity contribution in [2.45, 2.75) is 64.8 Å². The number of hydrogen-bond donors (Lipinski definition) is 1. The summed E-state index contributed by atoms with van der Waals surface area (Å²) in [6, 6.07) is 0.535. The van der Waals surface area contributed by atoms with E-state index in [4.69, 9.17) is 4.98 Å². The lowest BCUT2D eigenvalue weighted by molar-refractivity contribution is 0.661. The van der Waals surface area contributed by atoms with Gasteiger partial charge in [-0.25, -0.2) is 0 Å². The molecular formula is C17H24N2. The minimum absolute atomic E-state index is 0.535. The number of rotatable bonds is 3. The Bertz CT molecular complexity index is 586. The quantitative estimate of drug-likeness (QED) is 0.899. The van der Waals surface area contributed by atoms with E-state index in [0.29, 0.717) is 6.04 Å². The third-order valence-electron chi connectivity index (χ3n) is 4.40. The molecule has 0 fully saturated rings. The van der Waals surface area contributed by atoms with Crippen molar-refractivity contribution in [3.05, 3.63) is 21.8 Å². The molecule has 1 unspecified atom stereocenters. The minimum atomic E-state index is 0.535. The monoisotopic (exact) mass is 256 g/mol. The first-order valence-electron chi connectivity index (χ1n) is 7.78. The SMILES string of the molecule is CCC(C)Nc1c2c(nc3c1=CCCC=3)CCCC2. The van der Waals surface area contributed by atoms with E-state index in [1.54, 1.807) is 0 Å². The highest BCUT2D eigenvalue weighted by atomic mass is 14.9. The number of nitrogens with zero attached hydrogens (tertiary/aromatic N) is 1. The molecule has 19 heavy (non-hydrogen) atoms. The standard InChI is InChI=1S/C17H24N2/c1-3-12(2)18-17-13-8-4-6-10-15(13)19-16-11-7-5-9-14(16)17/h8,10,12,18H,3-7,9,11H2,1-2H3. The first-order chi connectivity index (χ1) is 9.29. The average Bonchev–Trinajstić information content (AvgIpc) is 2.46. The zero-order valence-corrected chi connectivity index (χ0v) is 12.1. The van der Waals surface area contributed by atoms with Crippen molar-refractivity contribution in [3.63, 3.8) is 0 Å². The van der Waals surface area contributed by atoms with Crippen molar-refractivity contribution in [1.29, 1.82) is 0 Å². The van der Waals surface area contributed by atoms with Crippen LogP contribution in [-0.2, 0) is 12.8 Å². The molecule has 0 amide bonds. The highest BCUT2D eigenvalue weighted by Gasteiger charge is 2.18. The molecule has 1 aromatic heterocycles. The Morgan fingerprint density at radius 3 is 2.84 bits per heavy atom. The van der Waals surface area contributed by atoms with Crippen molar-refractivity contribution in [2.24, 2.45) is 0 Å². The van der Waals surface area contributed by atoms with Crippen LogP contribution in [0.25, 0.3) is 12.2 Å². The van der Waals surface area contributed by atoms with Crippen molar-refractivity contribution in [3.8, 4) is 0 Å². The van der Waals surface area contributed by atoms with E-state index in [9.17, 15) is 0 Å². The molecule has 2 heteroatoms. The molecule has 0 saturated carbocycles. The molecule has 0 spiro atoms. The van der Waals surface area contributed by atoms with Crippen LogP contribution >= 0.6 is 0 Å². The van der Waals surface area contributed by atoms with E-state index in [1.165, 1.54) is 46.8 Å². The fraction of sp³-hybridized carbons (Fsp3) is 0.588. The van der Waals surface area contributed by atoms with Gasteiger partial charge in [-0.15, -0.1) is 0 Å². The second-order valence-electron chi connectivity index (χ2n) is 5.86. The van der Waals surface area contributed by atoms with Gasteiger partial charge in [0, 0.05) is 22.6 Å². The average molecular weight is 256 g/mol. The Labute approximate surface area is 115 Å². The predicted octanol–water partition coefficient (Wildman–Crippen LogP) is 2.53. The Morgan fingerprint density at radius 1 is 1.21 bits per heavy atom. The fourth-order valence-corrected chi connectivity index (χ4v) is 3.10. The highest BCUT2D eigenvalue weighted by molar-refractivity contribution is 5.59. The van der Waals surface area contributed by atoms with Crippen LogP contribution in [0.3, 0.4) is 0 Å². The van der Waals surface area contributed by atoms with Gasteiger partial charge in [0.1, 0.15) is 0 Å². The second-order valence-corrected chi connectivity index (χ2v) is 5.86. The normalized spacial score (nSPS) is 18.6. The minimum Gasteiger partial charge on any atom is -0.382 e. The number of pyridine rings is 1. The van der Waals surface area contributed by atoms with Gasteiger partial charge in [0.15, 0.2) is 0 Å². The zero-order valence-electron chi connectivity index (χ0n) is 12.1. The van der Waals surface area contributed by atoms with E-state index < -0.39 is 0 Å². The number of aromatic nitrogens is 1. The molecule has 1 N–H and O–H groups in total. The third-order valence-corrected chi connectivity index (χ3v) is 4.40. The second kappa shape index (κ2) is 5.36. The van der Waals surface area contributed by atoms with Crippen LogP contribution in [0.4, 0.5) is 5.69 Å². The lowest BCUT2D eigenvalue weighted by Gasteiger charge is -2.23. The summed E-state index contributed by atoms with van der Waals surface area (Å²) in [4.78, 5) is 4.92. The van der Waals surface area contributed by atoms with Gasteiger partial charge in [-0.1, -0.05) is 19.1 Å². The number of nitrogens with one attached hydrogen (secondary N) is 1. The molecule has 1 aromatic rings. The summed E-state index contributed by atoms with van der Waals surface area (Å²) in [5, 5.41) is 6.34. The molecule has 0 aliphatic heterocycles. The first kappa shape index (κ1) is 12.7. The largest absolute Gasteiger partial charge is 0.382 e. The first-order valence-corrected chi connectivity index (χ1v) is 7.78. The molecule has 1 heterocycles. The van der Waals surface area contributed by atoms with E-state index in [-0.39, 0.29) is 0 Å². The molecule has 0 bridgehead atoms. The van der Waals surface area contributed by atoms with Gasteiger partial charge in [-0.2, -0.15) is 0 Å². The van der Waals surface area contributed by atoms with Crippen LogP contribution in [0.5, 0.6) is 0 Å². The maximum Gasteiger partial charge on any atom is 0.0683 e. The van der Waals surface area contributed by atoms with Gasteiger partial charge in [0.05, 0.1) is 5.35 Å². The summed E-state index contributed by atoms with van der Waals surface area (Å²) in [7, 11) is 0. The molecule has 1 atom stereocenters. The van der Waals surface area contributed by atoms with Gasteiger partial charge < -0.3 is 5.32 Å². The van der Waals surface area contributed by atoms with Crippen LogP contribution in [0.1, 0.15) is 57.2 Å². The number of hydrogen-bond acceptors (Lipinski definition) is 2. The van der Waals surface area contributed by atoms with E-state index in [2.05, 4.69) is 31.3 Å².